The largest absolute Gasteiger partial charge is 0.317 e. The number of piperidine rings is 1. The van der Waals surface area contributed by atoms with Gasteiger partial charge in [0.2, 0.25) is 0 Å². The van der Waals surface area contributed by atoms with Crippen molar-refractivity contribution in [3.8, 4) is 0 Å². The smallest absolute Gasteiger partial charge is 0.00424 e. The molecule has 0 aromatic rings. The normalized spacial score (nSPS) is 20.9. The van der Waals surface area contributed by atoms with Gasteiger partial charge in [0.05, 0.1) is 0 Å². The third kappa shape index (κ3) is 2.03. The maximum Gasteiger partial charge on any atom is -0.00424 e. The number of rotatable bonds is 2. The van der Waals surface area contributed by atoms with Gasteiger partial charge in [0.25, 0.3) is 0 Å². The molecule has 0 saturated carbocycles. The SMILES string of the molecule is CCC(=S)C1CCNCC1. The second kappa shape index (κ2) is 4.04. The molecular formula is C8H15NS. The summed E-state index contributed by atoms with van der Waals surface area (Å²) in [5, 5.41) is 3.33. The van der Waals surface area contributed by atoms with Crippen LogP contribution in [-0.4, -0.2) is 18.0 Å². The second-order valence-corrected chi connectivity index (χ2v) is 3.37. The lowest BCUT2D eigenvalue weighted by molar-refractivity contribution is 0.457. The first-order chi connectivity index (χ1) is 4.84. The summed E-state index contributed by atoms with van der Waals surface area (Å²) in [4.78, 5) is 1.28. The molecule has 0 bridgehead atoms. The van der Waals surface area contributed by atoms with Gasteiger partial charge in [-0.2, -0.15) is 0 Å². The zero-order valence-electron chi connectivity index (χ0n) is 6.52. The highest BCUT2D eigenvalue weighted by molar-refractivity contribution is 7.80. The highest BCUT2D eigenvalue weighted by atomic mass is 32.1. The van der Waals surface area contributed by atoms with Crippen LogP contribution in [-0.2, 0) is 0 Å². The van der Waals surface area contributed by atoms with Crippen LogP contribution in [0, 0.1) is 5.92 Å². The van der Waals surface area contributed by atoms with Crippen LogP contribution in [0.4, 0.5) is 0 Å². The van der Waals surface area contributed by atoms with Crippen LogP contribution in [0.3, 0.4) is 0 Å². The minimum Gasteiger partial charge on any atom is -0.317 e. The minimum absolute atomic E-state index is 0.737. The summed E-state index contributed by atoms with van der Waals surface area (Å²) in [6.45, 7) is 4.47. The molecule has 0 aromatic heterocycles. The van der Waals surface area contributed by atoms with Gasteiger partial charge in [-0.05, 0) is 43.1 Å². The predicted octanol–water partition coefficient (Wildman–Crippen LogP) is 1.77. The standard InChI is InChI=1S/C8H15NS/c1-2-8(10)7-3-5-9-6-4-7/h7,9H,2-6H2,1H3. The zero-order chi connectivity index (χ0) is 7.40. The Kier molecular flexibility index (Phi) is 3.29. The average Bonchev–Trinajstić information content (AvgIpc) is 2.05. The predicted molar refractivity (Wildman–Crippen MR) is 48.5 cm³/mol. The Labute approximate surface area is 68.2 Å². The monoisotopic (exact) mass is 157 g/mol. The molecule has 0 unspecified atom stereocenters. The maximum atomic E-state index is 5.25. The van der Waals surface area contributed by atoms with E-state index in [2.05, 4.69) is 12.2 Å². The van der Waals surface area contributed by atoms with Crippen molar-refractivity contribution in [2.24, 2.45) is 5.92 Å². The number of hydrogen-bond acceptors (Lipinski definition) is 2. The first-order valence-electron chi connectivity index (χ1n) is 4.08. The molecule has 0 spiro atoms. The molecule has 0 radical (unpaired) electrons. The van der Waals surface area contributed by atoms with Crippen LogP contribution in [0.15, 0.2) is 0 Å². The van der Waals surface area contributed by atoms with Crippen molar-refractivity contribution in [1.82, 2.24) is 5.32 Å². The summed E-state index contributed by atoms with van der Waals surface area (Å²) in [6, 6.07) is 0. The van der Waals surface area contributed by atoms with Gasteiger partial charge >= 0.3 is 0 Å². The van der Waals surface area contributed by atoms with E-state index in [1.165, 1.54) is 17.7 Å². The lowest BCUT2D eigenvalue weighted by Crippen LogP contribution is -2.30. The molecular weight excluding hydrogens is 142 g/mol. The molecule has 2 heteroatoms. The van der Waals surface area contributed by atoms with Gasteiger partial charge in [0.15, 0.2) is 0 Å². The molecule has 1 fully saturated rings. The molecule has 0 aliphatic carbocycles. The minimum atomic E-state index is 0.737. The van der Waals surface area contributed by atoms with E-state index in [0.717, 1.165) is 25.4 Å². The van der Waals surface area contributed by atoms with E-state index < -0.39 is 0 Å². The van der Waals surface area contributed by atoms with Gasteiger partial charge in [0, 0.05) is 0 Å². The van der Waals surface area contributed by atoms with E-state index in [-0.39, 0.29) is 0 Å². The molecule has 1 rings (SSSR count). The molecule has 58 valence electrons. The number of nitrogens with one attached hydrogen (secondary N) is 1. The summed E-state index contributed by atoms with van der Waals surface area (Å²) in [5.74, 6) is 0.737. The summed E-state index contributed by atoms with van der Waals surface area (Å²) < 4.78 is 0. The van der Waals surface area contributed by atoms with Gasteiger partial charge < -0.3 is 5.32 Å². The average molecular weight is 157 g/mol. The van der Waals surface area contributed by atoms with E-state index in [9.17, 15) is 0 Å². The first kappa shape index (κ1) is 8.15. The van der Waals surface area contributed by atoms with Gasteiger partial charge in [-0.3, -0.25) is 0 Å². The lowest BCUT2D eigenvalue weighted by Gasteiger charge is -2.22. The van der Waals surface area contributed by atoms with E-state index in [1.54, 1.807) is 0 Å². The van der Waals surface area contributed by atoms with Crippen molar-refractivity contribution in [2.75, 3.05) is 13.1 Å². The van der Waals surface area contributed by atoms with Crippen molar-refractivity contribution in [3.05, 3.63) is 0 Å². The van der Waals surface area contributed by atoms with Crippen molar-refractivity contribution in [2.45, 2.75) is 26.2 Å². The summed E-state index contributed by atoms with van der Waals surface area (Å²) in [5.41, 5.74) is 0. The highest BCUT2D eigenvalue weighted by Gasteiger charge is 2.15. The van der Waals surface area contributed by atoms with E-state index in [1.807, 2.05) is 0 Å². The Morgan fingerprint density at radius 2 is 2.10 bits per heavy atom. The molecule has 1 aliphatic rings. The van der Waals surface area contributed by atoms with Gasteiger partial charge in [-0.1, -0.05) is 19.1 Å². The van der Waals surface area contributed by atoms with Crippen molar-refractivity contribution < 1.29 is 0 Å². The molecule has 0 atom stereocenters. The number of thiocarbonyl (C=S) groups is 1. The summed E-state index contributed by atoms with van der Waals surface area (Å²) in [6.07, 6.45) is 3.60. The molecule has 1 aliphatic heterocycles. The first-order valence-corrected chi connectivity index (χ1v) is 4.49. The Balaban J connectivity index is 2.31. The Hall–Kier alpha value is 0.0500. The van der Waals surface area contributed by atoms with Crippen molar-refractivity contribution in [3.63, 3.8) is 0 Å². The van der Waals surface area contributed by atoms with Gasteiger partial charge in [0.1, 0.15) is 0 Å². The van der Waals surface area contributed by atoms with E-state index in [4.69, 9.17) is 12.2 Å². The van der Waals surface area contributed by atoms with E-state index in [0.29, 0.717) is 0 Å². The quantitative estimate of drug-likeness (QED) is 0.613. The topological polar surface area (TPSA) is 12.0 Å². The molecule has 0 aromatic carbocycles. The summed E-state index contributed by atoms with van der Waals surface area (Å²) >= 11 is 5.25. The molecule has 10 heavy (non-hydrogen) atoms. The number of hydrogen-bond donors (Lipinski definition) is 1. The van der Waals surface area contributed by atoms with Crippen LogP contribution >= 0.6 is 12.2 Å². The van der Waals surface area contributed by atoms with Crippen LogP contribution in [0.25, 0.3) is 0 Å². The maximum absolute atomic E-state index is 5.25. The van der Waals surface area contributed by atoms with Crippen LogP contribution in [0.1, 0.15) is 26.2 Å². The molecule has 0 amide bonds. The fourth-order valence-corrected chi connectivity index (χ4v) is 1.67. The molecule has 1 nitrogen and oxygen atoms in total. The van der Waals surface area contributed by atoms with Crippen molar-refractivity contribution in [1.29, 1.82) is 0 Å². The molecule has 1 N–H and O–H groups in total. The molecule has 1 heterocycles. The van der Waals surface area contributed by atoms with E-state index >= 15 is 0 Å². The van der Waals surface area contributed by atoms with Crippen molar-refractivity contribution >= 4 is 17.1 Å². The molecule has 1 saturated heterocycles. The zero-order valence-corrected chi connectivity index (χ0v) is 7.34. The Morgan fingerprint density at radius 1 is 1.50 bits per heavy atom. The fraction of sp³-hybridized carbons (Fsp3) is 0.875. The third-order valence-corrected chi connectivity index (χ3v) is 2.76. The Morgan fingerprint density at radius 3 is 2.60 bits per heavy atom. The van der Waals surface area contributed by atoms with Crippen LogP contribution in [0.2, 0.25) is 0 Å². The fourth-order valence-electron chi connectivity index (χ4n) is 1.43. The third-order valence-electron chi connectivity index (χ3n) is 2.14. The van der Waals surface area contributed by atoms with Crippen LogP contribution in [0.5, 0.6) is 0 Å². The Bertz CT molecular complexity index is 116. The second-order valence-electron chi connectivity index (χ2n) is 2.84. The van der Waals surface area contributed by atoms with Gasteiger partial charge in [-0.15, -0.1) is 0 Å². The highest BCUT2D eigenvalue weighted by Crippen LogP contribution is 2.15. The lowest BCUT2D eigenvalue weighted by atomic mass is 9.93. The van der Waals surface area contributed by atoms with Crippen LogP contribution < -0.4 is 5.32 Å². The van der Waals surface area contributed by atoms with Gasteiger partial charge in [-0.25, -0.2) is 0 Å². The summed E-state index contributed by atoms with van der Waals surface area (Å²) in [7, 11) is 0.